The predicted octanol–water partition coefficient (Wildman–Crippen LogP) is 8.93. The highest BCUT2D eigenvalue weighted by Gasteiger charge is 2.53. The third-order valence-corrected chi connectivity index (χ3v) is 14.1. The molecule has 2 fully saturated rings. The van der Waals surface area contributed by atoms with Crippen LogP contribution in [0.2, 0.25) is 23.7 Å². The Kier molecular flexibility index (Phi) is 5.99. The highest BCUT2D eigenvalue weighted by Crippen LogP contribution is 2.62. The molecule has 154 valence electrons. The van der Waals surface area contributed by atoms with Gasteiger partial charge in [0.25, 0.3) is 0 Å². The molecule has 0 aromatic carbocycles. The van der Waals surface area contributed by atoms with E-state index in [1.807, 2.05) is 0 Å². The summed E-state index contributed by atoms with van der Waals surface area (Å²) in [5, 5.41) is 0. The standard InChI is InChI=1S/C25H50Si/c1-19(2)16-26(11,20-12-22(3,4)17-23(5,6)13-20)21-14-24(7,8)18-25(9,10)15-21/h19-21H,12-18H2,1-11H3. The molecule has 0 aromatic heterocycles. The molecule has 0 N–H and O–H groups in total. The van der Waals surface area contributed by atoms with Crippen LogP contribution in [-0.2, 0) is 0 Å². The first-order valence-electron chi connectivity index (χ1n) is 11.5. The first-order valence-corrected chi connectivity index (χ1v) is 14.3. The molecule has 2 rings (SSSR count). The summed E-state index contributed by atoms with van der Waals surface area (Å²) in [6.07, 6.45) is 8.77. The van der Waals surface area contributed by atoms with Gasteiger partial charge >= 0.3 is 0 Å². The largest absolute Gasteiger partial charge is 0.0687 e. The zero-order chi connectivity index (χ0) is 20.2. The summed E-state index contributed by atoms with van der Waals surface area (Å²) in [6.45, 7) is 28.3. The molecule has 0 aliphatic heterocycles. The monoisotopic (exact) mass is 378 g/mol. The molecule has 2 aliphatic carbocycles. The second-order valence-corrected chi connectivity index (χ2v) is 19.4. The Morgan fingerprint density at radius 2 is 0.923 bits per heavy atom. The third-order valence-electron chi connectivity index (χ3n) is 7.82. The molecular formula is C25H50Si. The first kappa shape index (κ1) is 22.5. The van der Waals surface area contributed by atoms with Gasteiger partial charge < -0.3 is 0 Å². The van der Waals surface area contributed by atoms with Crippen LogP contribution in [0.1, 0.15) is 108 Å². The van der Waals surface area contributed by atoms with Gasteiger partial charge in [-0.25, -0.2) is 0 Å². The average molecular weight is 379 g/mol. The lowest BCUT2D eigenvalue weighted by molar-refractivity contribution is 0.0994. The molecule has 0 aromatic rings. The summed E-state index contributed by atoms with van der Waals surface area (Å²) >= 11 is 0. The number of hydrogen-bond donors (Lipinski definition) is 0. The normalized spacial score (nSPS) is 29.1. The van der Waals surface area contributed by atoms with Crippen molar-refractivity contribution in [1.82, 2.24) is 0 Å². The fourth-order valence-electron chi connectivity index (χ4n) is 8.17. The molecule has 0 spiro atoms. The Bertz CT molecular complexity index is 424. The average Bonchev–Trinajstić information content (AvgIpc) is 2.29. The van der Waals surface area contributed by atoms with E-state index in [2.05, 4.69) is 75.8 Å². The summed E-state index contributed by atoms with van der Waals surface area (Å²) < 4.78 is 0. The lowest BCUT2D eigenvalue weighted by Crippen LogP contribution is -2.51. The van der Waals surface area contributed by atoms with Crippen molar-refractivity contribution in [1.29, 1.82) is 0 Å². The van der Waals surface area contributed by atoms with Gasteiger partial charge in [-0.05, 0) is 77.2 Å². The molecule has 0 bridgehead atoms. The lowest BCUT2D eigenvalue weighted by Gasteiger charge is -2.57. The Morgan fingerprint density at radius 1 is 0.654 bits per heavy atom. The van der Waals surface area contributed by atoms with Gasteiger partial charge in [0.2, 0.25) is 0 Å². The summed E-state index contributed by atoms with van der Waals surface area (Å²) in [6, 6.07) is 1.54. The van der Waals surface area contributed by atoms with E-state index in [1.54, 1.807) is 6.04 Å². The number of rotatable bonds is 4. The van der Waals surface area contributed by atoms with E-state index in [0.717, 1.165) is 17.0 Å². The van der Waals surface area contributed by atoms with Gasteiger partial charge in [0, 0.05) is 0 Å². The third kappa shape index (κ3) is 5.39. The molecule has 26 heavy (non-hydrogen) atoms. The SMILES string of the molecule is CC(C)C[Si](C)(C1CC(C)(C)CC(C)(C)C1)C1CC(C)(C)CC(C)(C)C1. The highest BCUT2D eigenvalue weighted by atomic mass is 28.3. The van der Waals surface area contributed by atoms with E-state index < -0.39 is 8.07 Å². The van der Waals surface area contributed by atoms with Crippen LogP contribution in [0.4, 0.5) is 0 Å². The molecule has 1 heteroatoms. The summed E-state index contributed by atoms with van der Waals surface area (Å²) in [5.41, 5.74) is 4.13. The maximum absolute atomic E-state index is 2.84. The Hall–Kier alpha value is 0.217. The lowest BCUT2D eigenvalue weighted by atomic mass is 9.65. The van der Waals surface area contributed by atoms with Crippen LogP contribution in [0.15, 0.2) is 0 Å². The Balaban J connectivity index is 2.41. The van der Waals surface area contributed by atoms with Gasteiger partial charge in [-0.15, -0.1) is 0 Å². The molecule has 0 amide bonds. The van der Waals surface area contributed by atoms with Gasteiger partial charge in [0.1, 0.15) is 0 Å². The maximum atomic E-state index is 2.84. The van der Waals surface area contributed by atoms with Crippen LogP contribution in [0.25, 0.3) is 0 Å². The molecule has 0 saturated heterocycles. The molecule has 0 atom stereocenters. The minimum absolute atomic E-state index is 0.525. The van der Waals surface area contributed by atoms with Gasteiger partial charge in [0.05, 0.1) is 8.07 Å². The van der Waals surface area contributed by atoms with Crippen molar-refractivity contribution in [2.45, 2.75) is 131 Å². The maximum Gasteiger partial charge on any atom is 0.0570 e. The summed E-state index contributed by atoms with van der Waals surface area (Å²) in [4.78, 5) is 0. The fraction of sp³-hybridized carbons (Fsp3) is 1.00. The predicted molar refractivity (Wildman–Crippen MR) is 122 cm³/mol. The second-order valence-electron chi connectivity index (χ2n) is 14.3. The van der Waals surface area contributed by atoms with E-state index in [-0.39, 0.29) is 0 Å². The second kappa shape index (κ2) is 6.92. The smallest absolute Gasteiger partial charge is 0.0570 e. The first-order chi connectivity index (χ1) is 11.5. The van der Waals surface area contributed by atoms with E-state index in [4.69, 9.17) is 0 Å². The minimum atomic E-state index is -1.37. The van der Waals surface area contributed by atoms with Gasteiger partial charge in [0.15, 0.2) is 0 Å². The minimum Gasteiger partial charge on any atom is -0.0687 e. The fourth-order valence-corrected chi connectivity index (χ4v) is 15.3. The van der Waals surface area contributed by atoms with Gasteiger partial charge in [-0.2, -0.15) is 0 Å². The zero-order valence-corrected chi connectivity index (χ0v) is 21.2. The Labute approximate surface area is 167 Å². The van der Waals surface area contributed by atoms with Crippen molar-refractivity contribution in [2.75, 3.05) is 0 Å². The van der Waals surface area contributed by atoms with Crippen molar-refractivity contribution >= 4 is 8.07 Å². The molecule has 0 nitrogen and oxygen atoms in total. The molecular weight excluding hydrogens is 328 g/mol. The molecule has 0 radical (unpaired) electrons. The van der Waals surface area contributed by atoms with E-state index >= 15 is 0 Å². The Morgan fingerprint density at radius 3 is 1.15 bits per heavy atom. The molecule has 2 saturated carbocycles. The summed E-state index contributed by atoms with van der Waals surface area (Å²) in [5.74, 6) is 0.855. The van der Waals surface area contributed by atoms with Crippen molar-refractivity contribution < 1.29 is 0 Å². The molecule has 2 aliphatic rings. The van der Waals surface area contributed by atoms with E-state index in [1.165, 1.54) is 38.5 Å². The van der Waals surface area contributed by atoms with Crippen LogP contribution in [0, 0.1) is 27.6 Å². The van der Waals surface area contributed by atoms with E-state index in [9.17, 15) is 0 Å². The van der Waals surface area contributed by atoms with Crippen LogP contribution in [-0.4, -0.2) is 8.07 Å². The molecule has 0 unspecified atom stereocenters. The zero-order valence-electron chi connectivity index (χ0n) is 20.2. The highest BCUT2D eigenvalue weighted by molar-refractivity contribution is 6.81. The van der Waals surface area contributed by atoms with Crippen molar-refractivity contribution in [2.24, 2.45) is 27.6 Å². The van der Waals surface area contributed by atoms with E-state index in [0.29, 0.717) is 21.7 Å². The topological polar surface area (TPSA) is 0 Å². The van der Waals surface area contributed by atoms with Crippen molar-refractivity contribution in [3.63, 3.8) is 0 Å². The molecule has 0 heterocycles. The van der Waals surface area contributed by atoms with Crippen molar-refractivity contribution in [3.05, 3.63) is 0 Å². The van der Waals surface area contributed by atoms with Crippen molar-refractivity contribution in [3.8, 4) is 0 Å². The number of hydrogen-bond acceptors (Lipinski definition) is 0. The quantitative estimate of drug-likeness (QED) is 0.428. The van der Waals surface area contributed by atoms with Crippen LogP contribution < -0.4 is 0 Å². The van der Waals surface area contributed by atoms with Crippen LogP contribution in [0.5, 0.6) is 0 Å². The van der Waals surface area contributed by atoms with Crippen LogP contribution in [0.3, 0.4) is 0 Å². The van der Waals surface area contributed by atoms with Gasteiger partial charge in [-0.3, -0.25) is 0 Å². The van der Waals surface area contributed by atoms with Crippen LogP contribution >= 0.6 is 0 Å². The summed E-state index contributed by atoms with van der Waals surface area (Å²) in [7, 11) is -1.37. The van der Waals surface area contributed by atoms with Gasteiger partial charge in [-0.1, -0.05) is 81.8 Å².